The molecule has 1 saturated heterocycles. The van der Waals surface area contributed by atoms with Crippen molar-refractivity contribution in [2.45, 2.75) is 6.04 Å². The Bertz CT molecular complexity index is 639. The topological polar surface area (TPSA) is 44.4 Å². The number of carbonyl (C=O) groups is 1. The normalized spacial score (nSPS) is 16.7. The Hall–Kier alpha value is -1.88. The molecule has 5 heteroatoms. The van der Waals surface area contributed by atoms with Gasteiger partial charge < -0.3 is 10.6 Å². The summed E-state index contributed by atoms with van der Waals surface area (Å²) in [7, 11) is 0. The van der Waals surface area contributed by atoms with Crippen molar-refractivity contribution >= 4 is 23.2 Å². The summed E-state index contributed by atoms with van der Waals surface area (Å²) in [6.45, 7) is 3.51. The van der Waals surface area contributed by atoms with Crippen molar-refractivity contribution in [3.05, 3.63) is 65.2 Å². The van der Waals surface area contributed by atoms with Crippen molar-refractivity contribution in [1.29, 1.82) is 0 Å². The molecule has 1 amide bonds. The molecule has 1 aliphatic rings. The average Bonchev–Trinajstić information content (AvgIpc) is 2.59. The molecule has 3 rings (SSSR count). The van der Waals surface area contributed by atoms with E-state index >= 15 is 0 Å². The van der Waals surface area contributed by atoms with Crippen LogP contribution in [0.3, 0.4) is 0 Å². The van der Waals surface area contributed by atoms with E-state index < -0.39 is 0 Å². The number of anilines is 1. The lowest BCUT2D eigenvalue weighted by molar-refractivity contribution is -0.121. The van der Waals surface area contributed by atoms with Gasteiger partial charge in [0.25, 0.3) is 0 Å². The number of amides is 1. The average molecular weight is 330 g/mol. The highest BCUT2D eigenvalue weighted by Crippen LogP contribution is 2.23. The number of hydrogen-bond acceptors (Lipinski definition) is 3. The molecule has 0 aliphatic carbocycles. The van der Waals surface area contributed by atoms with E-state index in [2.05, 4.69) is 15.5 Å². The number of piperazine rings is 1. The summed E-state index contributed by atoms with van der Waals surface area (Å²) in [5.74, 6) is -0.0135. The Morgan fingerprint density at radius 2 is 1.70 bits per heavy atom. The maximum atomic E-state index is 12.9. The number of nitrogens with zero attached hydrogens (tertiary/aromatic N) is 1. The van der Waals surface area contributed by atoms with Gasteiger partial charge in [0.15, 0.2) is 0 Å². The maximum Gasteiger partial charge on any atom is 0.246 e. The second kappa shape index (κ2) is 7.59. The van der Waals surface area contributed by atoms with Gasteiger partial charge in [-0.3, -0.25) is 9.69 Å². The number of halogens is 1. The molecule has 2 N–H and O–H groups in total. The second-order valence-electron chi connectivity index (χ2n) is 5.60. The minimum Gasteiger partial charge on any atom is -0.324 e. The summed E-state index contributed by atoms with van der Waals surface area (Å²) < 4.78 is 0. The number of hydrogen-bond donors (Lipinski definition) is 2. The molecule has 1 aliphatic heterocycles. The predicted octanol–water partition coefficient (Wildman–Crippen LogP) is 2.93. The standard InChI is InChI=1S/C18H20ClN3O/c19-15-6-8-16(9-7-15)21-18(23)17(14-4-2-1-3-5-14)22-12-10-20-11-13-22/h1-9,17,20H,10-13H2,(H,21,23). The minimum atomic E-state index is -0.283. The second-order valence-corrected chi connectivity index (χ2v) is 6.03. The van der Waals surface area contributed by atoms with Crippen LogP contribution in [0.1, 0.15) is 11.6 Å². The van der Waals surface area contributed by atoms with Crippen LogP contribution in [0.25, 0.3) is 0 Å². The molecule has 0 aromatic heterocycles. The molecule has 120 valence electrons. The molecule has 1 fully saturated rings. The Labute approximate surface area is 141 Å². The maximum absolute atomic E-state index is 12.9. The molecule has 1 heterocycles. The Kier molecular flexibility index (Phi) is 5.28. The van der Waals surface area contributed by atoms with Gasteiger partial charge in [0.05, 0.1) is 0 Å². The molecule has 1 unspecified atom stereocenters. The van der Waals surface area contributed by atoms with Crippen LogP contribution in [0.15, 0.2) is 54.6 Å². The molecule has 0 spiro atoms. The highest BCUT2D eigenvalue weighted by molar-refractivity contribution is 6.30. The third-order valence-corrected chi connectivity index (χ3v) is 4.24. The number of benzene rings is 2. The van der Waals surface area contributed by atoms with Gasteiger partial charge in [-0.15, -0.1) is 0 Å². The van der Waals surface area contributed by atoms with Crippen LogP contribution in [-0.4, -0.2) is 37.0 Å². The van der Waals surface area contributed by atoms with Gasteiger partial charge in [-0.05, 0) is 29.8 Å². The molecule has 23 heavy (non-hydrogen) atoms. The summed E-state index contributed by atoms with van der Waals surface area (Å²) in [5.41, 5.74) is 1.77. The molecule has 2 aromatic rings. The Morgan fingerprint density at radius 1 is 1.04 bits per heavy atom. The lowest BCUT2D eigenvalue weighted by Crippen LogP contribution is -2.48. The molecular weight excluding hydrogens is 310 g/mol. The Balaban J connectivity index is 1.82. The van der Waals surface area contributed by atoms with Crippen molar-refractivity contribution in [3.63, 3.8) is 0 Å². The van der Waals surface area contributed by atoms with Crippen LogP contribution in [0.4, 0.5) is 5.69 Å². The van der Waals surface area contributed by atoms with E-state index in [1.807, 2.05) is 42.5 Å². The summed E-state index contributed by atoms with van der Waals surface area (Å²) in [6.07, 6.45) is 0. The van der Waals surface area contributed by atoms with Crippen LogP contribution in [0.2, 0.25) is 5.02 Å². The van der Waals surface area contributed by atoms with Crippen molar-refractivity contribution in [2.24, 2.45) is 0 Å². The molecular formula is C18H20ClN3O. The van der Waals surface area contributed by atoms with Crippen molar-refractivity contribution < 1.29 is 4.79 Å². The van der Waals surface area contributed by atoms with Crippen LogP contribution >= 0.6 is 11.6 Å². The van der Waals surface area contributed by atoms with E-state index in [1.54, 1.807) is 12.1 Å². The quantitative estimate of drug-likeness (QED) is 0.906. The van der Waals surface area contributed by atoms with Crippen LogP contribution in [0.5, 0.6) is 0 Å². The predicted molar refractivity (Wildman–Crippen MR) is 93.7 cm³/mol. The molecule has 2 aromatic carbocycles. The fraction of sp³-hybridized carbons (Fsp3) is 0.278. The molecule has 4 nitrogen and oxygen atoms in total. The largest absolute Gasteiger partial charge is 0.324 e. The monoisotopic (exact) mass is 329 g/mol. The zero-order chi connectivity index (χ0) is 16.1. The third-order valence-electron chi connectivity index (χ3n) is 3.99. The summed E-state index contributed by atoms with van der Waals surface area (Å²) in [5, 5.41) is 6.99. The van der Waals surface area contributed by atoms with E-state index in [0.717, 1.165) is 37.4 Å². The molecule has 0 saturated carbocycles. The van der Waals surface area contributed by atoms with Gasteiger partial charge in [0, 0.05) is 36.9 Å². The fourth-order valence-electron chi connectivity index (χ4n) is 2.85. The first-order valence-corrected chi connectivity index (χ1v) is 8.18. The van der Waals surface area contributed by atoms with E-state index in [1.165, 1.54) is 0 Å². The van der Waals surface area contributed by atoms with Crippen LogP contribution in [-0.2, 0) is 4.79 Å². The minimum absolute atomic E-state index is 0.0135. The van der Waals surface area contributed by atoms with Crippen molar-refractivity contribution in [2.75, 3.05) is 31.5 Å². The van der Waals surface area contributed by atoms with Gasteiger partial charge in [0.1, 0.15) is 6.04 Å². The fourth-order valence-corrected chi connectivity index (χ4v) is 2.97. The third kappa shape index (κ3) is 4.10. The first-order chi connectivity index (χ1) is 11.2. The van der Waals surface area contributed by atoms with Crippen LogP contribution < -0.4 is 10.6 Å². The van der Waals surface area contributed by atoms with Crippen LogP contribution in [0, 0.1) is 0 Å². The first kappa shape index (κ1) is 16.0. The number of carbonyl (C=O) groups excluding carboxylic acids is 1. The van der Waals surface area contributed by atoms with Gasteiger partial charge in [-0.2, -0.15) is 0 Å². The van der Waals surface area contributed by atoms with E-state index in [4.69, 9.17) is 11.6 Å². The van der Waals surface area contributed by atoms with E-state index in [9.17, 15) is 4.79 Å². The first-order valence-electron chi connectivity index (χ1n) is 7.80. The zero-order valence-corrected chi connectivity index (χ0v) is 13.6. The van der Waals surface area contributed by atoms with Gasteiger partial charge in [-0.1, -0.05) is 41.9 Å². The highest BCUT2D eigenvalue weighted by Gasteiger charge is 2.28. The lowest BCUT2D eigenvalue weighted by Gasteiger charge is -2.34. The number of nitrogens with one attached hydrogen (secondary N) is 2. The molecule has 1 atom stereocenters. The van der Waals surface area contributed by atoms with Gasteiger partial charge in [-0.25, -0.2) is 0 Å². The molecule has 0 radical (unpaired) electrons. The van der Waals surface area contributed by atoms with Gasteiger partial charge >= 0.3 is 0 Å². The zero-order valence-electron chi connectivity index (χ0n) is 12.8. The van der Waals surface area contributed by atoms with E-state index in [-0.39, 0.29) is 11.9 Å². The van der Waals surface area contributed by atoms with Gasteiger partial charge in [0.2, 0.25) is 5.91 Å². The highest BCUT2D eigenvalue weighted by atomic mass is 35.5. The Morgan fingerprint density at radius 3 is 2.35 bits per heavy atom. The van der Waals surface area contributed by atoms with E-state index in [0.29, 0.717) is 5.02 Å². The summed E-state index contributed by atoms with van der Waals surface area (Å²) in [6, 6.07) is 16.8. The summed E-state index contributed by atoms with van der Waals surface area (Å²) in [4.78, 5) is 15.1. The SMILES string of the molecule is O=C(Nc1ccc(Cl)cc1)C(c1ccccc1)N1CCNCC1. The lowest BCUT2D eigenvalue weighted by atomic mass is 10.0. The summed E-state index contributed by atoms with van der Waals surface area (Å²) >= 11 is 5.90. The smallest absolute Gasteiger partial charge is 0.246 e. The van der Waals surface area contributed by atoms with Crippen molar-refractivity contribution in [3.8, 4) is 0 Å². The molecule has 0 bridgehead atoms. The van der Waals surface area contributed by atoms with Crippen molar-refractivity contribution in [1.82, 2.24) is 10.2 Å². The number of rotatable bonds is 4.